The highest BCUT2D eigenvalue weighted by Gasteiger charge is 2.40. The minimum Gasteiger partial charge on any atom is -0.383 e. The van der Waals surface area contributed by atoms with Crippen LogP contribution in [0.4, 0.5) is 5.69 Å². The van der Waals surface area contributed by atoms with Gasteiger partial charge in [-0.3, -0.25) is 9.59 Å². The van der Waals surface area contributed by atoms with E-state index in [-0.39, 0.29) is 41.1 Å². The first-order valence-corrected chi connectivity index (χ1v) is 12.5. The summed E-state index contributed by atoms with van der Waals surface area (Å²) in [7, 11) is -2.14. The summed E-state index contributed by atoms with van der Waals surface area (Å²) >= 11 is 0. The number of amides is 2. The van der Waals surface area contributed by atoms with E-state index in [4.69, 9.17) is 4.74 Å². The van der Waals surface area contributed by atoms with Gasteiger partial charge in [0.25, 0.3) is 0 Å². The van der Waals surface area contributed by atoms with Crippen LogP contribution < -0.4 is 10.2 Å². The van der Waals surface area contributed by atoms with Gasteiger partial charge in [0.1, 0.15) is 0 Å². The summed E-state index contributed by atoms with van der Waals surface area (Å²) in [5, 5.41) is 2.81. The number of nitrogens with zero attached hydrogens (tertiary/aromatic N) is 2. The lowest BCUT2D eigenvalue weighted by Crippen LogP contribution is -2.45. The Labute approximate surface area is 184 Å². The number of sulfonamides is 1. The van der Waals surface area contributed by atoms with Crippen LogP contribution in [0.25, 0.3) is 0 Å². The number of methoxy groups -OCH3 is 1. The van der Waals surface area contributed by atoms with Crippen molar-refractivity contribution in [2.24, 2.45) is 11.8 Å². The van der Waals surface area contributed by atoms with Gasteiger partial charge in [-0.1, -0.05) is 0 Å². The Bertz CT molecular complexity index is 960. The largest absolute Gasteiger partial charge is 0.383 e. The highest BCUT2D eigenvalue weighted by atomic mass is 32.2. The molecule has 2 fully saturated rings. The number of hydrogen-bond acceptors (Lipinski definition) is 5. The summed E-state index contributed by atoms with van der Waals surface area (Å²) in [6.07, 6.45) is 3.86. The van der Waals surface area contributed by atoms with E-state index in [2.05, 4.69) is 5.32 Å². The molecule has 1 saturated heterocycles. The molecule has 1 N–H and O–H groups in total. The number of ether oxygens (including phenoxy) is 1. The quantitative estimate of drug-likeness (QED) is 0.637. The minimum atomic E-state index is -3.71. The number of carbonyl (C=O) groups excluding carboxylic acids is 2. The fourth-order valence-corrected chi connectivity index (χ4v) is 6.15. The second-order valence-electron chi connectivity index (χ2n) is 8.81. The average Bonchev–Trinajstić information content (AvgIpc) is 3.55. The monoisotopic (exact) mass is 449 g/mol. The third-order valence-corrected chi connectivity index (χ3v) is 8.29. The van der Waals surface area contributed by atoms with E-state index >= 15 is 0 Å². The summed E-state index contributed by atoms with van der Waals surface area (Å²) < 4.78 is 33.0. The van der Waals surface area contributed by atoms with E-state index in [0.29, 0.717) is 39.0 Å². The number of anilines is 1. The van der Waals surface area contributed by atoms with E-state index in [0.717, 1.165) is 24.1 Å². The Morgan fingerprint density at radius 1 is 1.19 bits per heavy atom. The highest BCUT2D eigenvalue weighted by molar-refractivity contribution is 7.89. The Hall–Kier alpha value is -1.97. The Kier molecular flexibility index (Phi) is 6.37. The van der Waals surface area contributed by atoms with Crippen molar-refractivity contribution in [1.29, 1.82) is 0 Å². The lowest BCUT2D eigenvalue weighted by Gasteiger charge is -2.31. The fourth-order valence-electron chi connectivity index (χ4n) is 4.58. The maximum Gasteiger partial charge on any atom is 0.243 e. The summed E-state index contributed by atoms with van der Waals surface area (Å²) in [5.41, 5.74) is 1.73. The summed E-state index contributed by atoms with van der Waals surface area (Å²) in [4.78, 5) is 27.1. The maximum absolute atomic E-state index is 13.3. The molecule has 2 atom stereocenters. The molecule has 2 amide bonds. The molecule has 1 aromatic carbocycles. The maximum atomic E-state index is 13.3. The van der Waals surface area contributed by atoms with Crippen LogP contribution >= 0.6 is 0 Å². The van der Waals surface area contributed by atoms with Gasteiger partial charge in [-0.2, -0.15) is 4.31 Å². The van der Waals surface area contributed by atoms with Crippen LogP contribution in [0.3, 0.4) is 0 Å². The SMILES string of the molecule is COCCNC(=O)[C@H]1CCCN(S(=O)(=O)c2ccc3c(c2)C[C@@H](C)N3C(=O)C2CC2)C1. The predicted molar refractivity (Wildman–Crippen MR) is 116 cm³/mol. The smallest absolute Gasteiger partial charge is 0.243 e. The molecule has 9 heteroatoms. The van der Waals surface area contributed by atoms with Gasteiger partial charge in [-0.25, -0.2) is 8.42 Å². The third-order valence-electron chi connectivity index (χ3n) is 6.43. The molecular formula is C22H31N3O5S. The number of rotatable bonds is 7. The van der Waals surface area contributed by atoms with E-state index in [9.17, 15) is 18.0 Å². The molecule has 1 aliphatic carbocycles. The van der Waals surface area contributed by atoms with Crippen LogP contribution in [0.2, 0.25) is 0 Å². The van der Waals surface area contributed by atoms with Gasteiger partial charge in [0.15, 0.2) is 0 Å². The summed E-state index contributed by atoms with van der Waals surface area (Å²) in [5.74, 6) is -0.215. The first-order chi connectivity index (χ1) is 14.8. The highest BCUT2D eigenvalue weighted by Crippen LogP contribution is 2.40. The molecule has 0 unspecified atom stereocenters. The van der Waals surface area contributed by atoms with Crippen molar-refractivity contribution in [3.63, 3.8) is 0 Å². The van der Waals surface area contributed by atoms with E-state index in [1.165, 1.54) is 4.31 Å². The van der Waals surface area contributed by atoms with Gasteiger partial charge < -0.3 is 15.0 Å². The second kappa shape index (κ2) is 8.88. The van der Waals surface area contributed by atoms with Crippen LogP contribution in [0, 0.1) is 11.8 Å². The molecule has 2 aliphatic heterocycles. The molecule has 0 aromatic heterocycles. The Morgan fingerprint density at radius 3 is 2.68 bits per heavy atom. The molecule has 1 aromatic rings. The third kappa shape index (κ3) is 4.49. The van der Waals surface area contributed by atoms with Gasteiger partial charge in [0.2, 0.25) is 21.8 Å². The molecule has 8 nitrogen and oxygen atoms in total. The molecule has 1 saturated carbocycles. The van der Waals surface area contributed by atoms with E-state index in [1.807, 2.05) is 11.8 Å². The second-order valence-corrected chi connectivity index (χ2v) is 10.8. The van der Waals surface area contributed by atoms with E-state index in [1.54, 1.807) is 25.3 Å². The van der Waals surface area contributed by atoms with Crippen molar-refractivity contribution in [2.75, 3.05) is 38.3 Å². The topological polar surface area (TPSA) is 96.0 Å². The van der Waals surface area contributed by atoms with Crippen LogP contribution in [-0.2, 0) is 30.8 Å². The van der Waals surface area contributed by atoms with Gasteiger partial charge in [-0.05, 0) is 62.8 Å². The first kappa shape index (κ1) is 22.2. The molecule has 0 bridgehead atoms. The number of hydrogen-bond donors (Lipinski definition) is 1. The van der Waals surface area contributed by atoms with Gasteiger partial charge in [0, 0.05) is 44.4 Å². The number of carbonyl (C=O) groups is 2. The lowest BCUT2D eigenvalue weighted by molar-refractivity contribution is -0.126. The van der Waals surface area contributed by atoms with Crippen molar-refractivity contribution < 1.29 is 22.7 Å². The van der Waals surface area contributed by atoms with E-state index < -0.39 is 10.0 Å². The molecule has 31 heavy (non-hydrogen) atoms. The van der Waals surface area contributed by atoms with Gasteiger partial charge >= 0.3 is 0 Å². The lowest BCUT2D eigenvalue weighted by atomic mass is 9.99. The van der Waals surface area contributed by atoms with Crippen molar-refractivity contribution in [2.45, 2.75) is 50.0 Å². The zero-order chi connectivity index (χ0) is 22.2. The number of nitrogens with one attached hydrogen (secondary N) is 1. The molecule has 170 valence electrons. The normalized spacial score (nSPS) is 24.1. The zero-order valence-corrected chi connectivity index (χ0v) is 19.0. The Balaban J connectivity index is 1.49. The molecule has 0 spiro atoms. The number of benzene rings is 1. The molecule has 3 aliphatic rings. The van der Waals surface area contributed by atoms with Gasteiger partial charge in [-0.15, -0.1) is 0 Å². The standard InChI is InChI=1S/C22H31N3O5S/c1-15-12-18-13-19(7-8-20(18)25(15)22(27)16-5-6-16)31(28,29)24-10-3-4-17(14-24)21(26)23-9-11-30-2/h7-8,13,15-17H,3-6,9-12,14H2,1-2H3,(H,23,26)/t15-,17+/m1/s1. The summed E-state index contributed by atoms with van der Waals surface area (Å²) in [6, 6.07) is 5.12. The number of fused-ring (bicyclic) bond motifs is 1. The minimum absolute atomic E-state index is 0.0382. The molecule has 4 rings (SSSR count). The van der Waals surface area contributed by atoms with Crippen molar-refractivity contribution in [1.82, 2.24) is 9.62 Å². The van der Waals surface area contributed by atoms with Crippen molar-refractivity contribution in [3.8, 4) is 0 Å². The number of piperidine rings is 1. The predicted octanol–water partition coefficient (Wildman–Crippen LogP) is 1.54. The van der Waals surface area contributed by atoms with Crippen LogP contribution in [-0.4, -0.2) is 63.9 Å². The summed E-state index contributed by atoms with van der Waals surface area (Å²) in [6.45, 7) is 3.43. The fraction of sp³-hybridized carbons (Fsp3) is 0.636. The first-order valence-electron chi connectivity index (χ1n) is 11.1. The van der Waals surface area contributed by atoms with Crippen LogP contribution in [0.15, 0.2) is 23.1 Å². The van der Waals surface area contributed by atoms with Crippen LogP contribution in [0.5, 0.6) is 0 Å². The zero-order valence-electron chi connectivity index (χ0n) is 18.2. The molecule has 2 heterocycles. The average molecular weight is 450 g/mol. The molecule has 0 radical (unpaired) electrons. The van der Waals surface area contributed by atoms with Crippen molar-refractivity contribution >= 4 is 27.5 Å². The van der Waals surface area contributed by atoms with Crippen LogP contribution in [0.1, 0.15) is 38.2 Å². The molecular weight excluding hydrogens is 418 g/mol. The van der Waals surface area contributed by atoms with Gasteiger partial charge in [0.05, 0.1) is 17.4 Å². The Morgan fingerprint density at radius 2 is 1.97 bits per heavy atom. The van der Waals surface area contributed by atoms with Crippen molar-refractivity contribution in [3.05, 3.63) is 23.8 Å².